The summed E-state index contributed by atoms with van der Waals surface area (Å²) in [4.78, 5) is 18.6. The van der Waals surface area contributed by atoms with E-state index in [1.165, 1.54) is 0 Å². The van der Waals surface area contributed by atoms with Gasteiger partial charge in [-0.05, 0) is 30.2 Å². The van der Waals surface area contributed by atoms with Crippen molar-refractivity contribution in [1.29, 1.82) is 0 Å². The number of benzene rings is 3. The van der Waals surface area contributed by atoms with E-state index in [9.17, 15) is 4.79 Å². The molecule has 1 atom stereocenters. The van der Waals surface area contributed by atoms with E-state index in [2.05, 4.69) is 5.16 Å². The number of hydrogen-bond donors (Lipinski definition) is 0. The highest BCUT2D eigenvalue weighted by Gasteiger charge is 2.27. The van der Waals surface area contributed by atoms with E-state index in [4.69, 9.17) is 14.3 Å². The lowest BCUT2D eigenvalue weighted by atomic mass is 9.91. The van der Waals surface area contributed by atoms with Crippen LogP contribution < -0.4 is 9.47 Å². The van der Waals surface area contributed by atoms with Gasteiger partial charge in [0.1, 0.15) is 23.5 Å². The average molecular weight is 401 g/mol. The van der Waals surface area contributed by atoms with Crippen molar-refractivity contribution in [2.75, 3.05) is 7.11 Å². The zero-order valence-corrected chi connectivity index (χ0v) is 16.9. The Morgan fingerprint density at radius 3 is 2.23 bits per heavy atom. The van der Waals surface area contributed by atoms with E-state index in [0.717, 1.165) is 16.7 Å². The molecule has 4 rings (SSSR count). The zero-order valence-electron chi connectivity index (χ0n) is 16.9. The summed E-state index contributed by atoms with van der Waals surface area (Å²) in [6.45, 7) is 1.95. The maximum Gasteiger partial charge on any atom is 0.346 e. The molecule has 0 spiro atoms. The molecule has 1 aliphatic rings. The molecule has 0 amide bonds. The van der Waals surface area contributed by atoms with Crippen LogP contribution in [0.3, 0.4) is 0 Å². The SMILES string of the molecule is COc1ccc2c(c1)OC(C)CC2=NOC(=O)C(c1ccccc1)c1ccccc1. The minimum atomic E-state index is -0.552. The number of ether oxygens (including phenoxy) is 2. The smallest absolute Gasteiger partial charge is 0.346 e. The third-order valence-electron chi connectivity index (χ3n) is 5.06. The fourth-order valence-corrected chi connectivity index (χ4v) is 3.60. The molecule has 30 heavy (non-hydrogen) atoms. The summed E-state index contributed by atoms with van der Waals surface area (Å²) in [5.41, 5.74) is 3.20. The van der Waals surface area contributed by atoms with Gasteiger partial charge in [-0.3, -0.25) is 0 Å². The second kappa shape index (κ2) is 8.82. The van der Waals surface area contributed by atoms with E-state index in [0.29, 0.717) is 23.6 Å². The lowest BCUT2D eigenvalue weighted by Gasteiger charge is -2.24. The van der Waals surface area contributed by atoms with Crippen molar-refractivity contribution >= 4 is 11.7 Å². The highest BCUT2D eigenvalue weighted by molar-refractivity contribution is 6.04. The molecule has 3 aromatic carbocycles. The van der Waals surface area contributed by atoms with Crippen LogP contribution in [0.4, 0.5) is 0 Å². The molecule has 0 radical (unpaired) electrons. The molecule has 152 valence electrons. The van der Waals surface area contributed by atoms with Crippen LogP contribution in [0.5, 0.6) is 11.5 Å². The summed E-state index contributed by atoms with van der Waals surface area (Å²) in [7, 11) is 1.61. The van der Waals surface area contributed by atoms with Gasteiger partial charge < -0.3 is 14.3 Å². The van der Waals surface area contributed by atoms with Gasteiger partial charge in [0.05, 0.1) is 12.8 Å². The number of methoxy groups -OCH3 is 1. The van der Waals surface area contributed by atoms with Crippen LogP contribution in [-0.4, -0.2) is 24.9 Å². The normalized spacial score (nSPS) is 16.6. The van der Waals surface area contributed by atoms with Crippen LogP contribution in [0.2, 0.25) is 0 Å². The standard InChI is InChI=1S/C25H23NO4/c1-17-15-22(21-14-13-20(28-2)16-23(21)29-17)26-30-25(27)24(18-9-5-3-6-10-18)19-11-7-4-8-12-19/h3-14,16-17,24H,15H2,1-2H3. The Kier molecular flexibility index (Phi) is 5.80. The second-order valence-electron chi connectivity index (χ2n) is 7.20. The molecule has 0 N–H and O–H groups in total. The minimum Gasteiger partial charge on any atom is -0.497 e. The van der Waals surface area contributed by atoms with Gasteiger partial charge in [-0.1, -0.05) is 65.8 Å². The van der Waals surface area contributed by atoms with Crippen molar-refractivity contribution in [3.63, 3.8) is 0 Å². The molecule has 0 aliphatic carbocycles. The predicted molar refractivity (Wildman–Crippen MR) is 115 cm³/mol. The van der Waals surface area contributed by atoms with Crippen LogP contribution in [0.15, 0.2) is 84.0 Å². The third kappa shape index (κ3) is 4.20. The Hall–Kier alpha value is -3.60. The molecule has 5 heteroatoms. The number of carbonyl (C=O) groups excluding carboxylic acids is 1. The maximum absolute atomic E-state index is 13.1. The summed E-state index contributed by atoms with van der Waals surface area (Å²) >= 11 is 0. The highest BCUT2D eigenvalue weighted by atomic mass is 16.7. The van der Waals surface area contributed by atoms with Gasteiger partial charge >= 0.3 is 5.97 Å². The van der Waals surface area contributed by atoms with Gasteiger partial charge in [0.25, 0.3) is 0 Å². The minimum absolute atomic E-state index is 0.0823. The Morgan fingerprint density at radius 2 is 1.63 bits per heavy atom. The Labute approximate surface area is 175 Å². The first kappa shape index (κ1) is 19.7. The van der Waals surface area contributed by atoms with Crippen molar-refractivity contribution in [3.05, 3.63) is 95.6 Å². The fourth-order valence-electron chi connectivity index (χ4n) is 3.60. The number of oxime groups is 1. The summed E-state index contributed by atoms with van der Waals surface area (Å²) in [6.07, 6.45) is 0.467. The molecule has 0 aromatic heterocycles. The molecule has 1 aliphatic heterocycles. The van der Waals surface area contributed by atoms with Crippen LogP contribution in [0.1, 0.15) is 36.0 Å². The molecule has 0 fully saturated rings. The van der Waals surface area contributed by atoms with E-state index >= 15 is 0 Å². The Morgan fingerprint density at radius 1 is 1.00 bits per heavy atom. The van der Waals surface area contributed by atoms with Crippen molar-refractivity contribution in [2.24, 2.45) is 5.16 Å². The quantitative estimate of drug-likeness (QED) is 0.449. The molecule has 0 saturated heterocycles. The first-order chi connectivity index (χ1) is 14.7. The largest absolute Gasteiger partial charge is 0.497 e. The Balaban J connectivity index is 1.63. The van der Waals surface area contributed by atoms with Gasteiger partial charge in [-0.2, -0.15) is 0 Å². The van der Waals surface area contributed by atoms with Crippen molar-refractivity contribution in [3.8, 4) is 11.5 Å². The number of hydrogen-bond acceptors (Lipinski definition) is 5. The van der Waals surface area contributed by atoms with E-state index in [1.54, 1.807) is 7.11 Å². The van der Waals surface area contributed by atoms with E-state index in [-0.39, 0.29) is 6.10 Å². The zero-order chi connectivity index (χ0) is 20.9. The predicted octanol–water partition coefficient (Wildman–Crippen LogP) is 4.95. The van der Waals surface area contributed by atoms with Gasteiger partial charge in [0.2, 0.25) is 0 Å². The van der Waals surface area contributed by atoms with Crippen LogP contribution in [0, 0.1) is 0 Å². The lowest BCUT2D eigenvalue weighted by Crippen LogP contribution is -2.25. The molecule has 1 unspecified atom stereocenters. The molecule has 1 heterocycles. The molecular weight excluding hydrogens is 378 g/mol. The topological polar surface area (TPSA) is 57.1 Å². The Bertz CT molecular complexity index is 1010. The van der Waals surface area contributed by atoms with Crippen LogP contribution in [0.25, 0.3) is 0 Å². The number of rotatable bonds is 5. The molecular formula is C25H23NO4. The van der Waals surface area contributed by atoms with E-state index in [1.807, 2.05) is 85.8 Å². The number of nitrogens with zero attached hydrogens (tertiary/aromatic N) is 1. The summed E-state index contributed by atoms with van der Waals surface area (Å²) in [6, 6.07) is 24.7. The van der Waals surface area contributed by atoms with Crippen molar-refractivity contribution in [2.45, 2.75) is 25.4 Å². The monoisotopic (exact) mass is 401 g/mol. The average Bonchev–Trinajstić information content (AvgIpc) is 2.78. The fraction of sp³-hybridized carbons (Fsp3) is 0.200. The van der Waals surface area contributed by atoms with Crippen LogP contribution >= 0.6 is 0 Å². The lowest BCUT2D eigenvalue weighted by molar-refractivity contribution is -0.144. The molecule has 5 nitrogen and oxygen atoms in total. The van der Waals surface area contributed by atoms with Gasteiger partial charge in [-0.15, -0.1) is 0 Å². The van der Waals surface area contributed by atoms with Crippen molar-refractivity contribution < 1.29 is 19.1 Å². The highest BCUT2D eigenvalue weighted by Crippen LogP contribution is 2.32. The van der Waals surface area contributed by atoms with Gasteiger partial charge in [-0.25, -0.2) is 4.79 Å². The van der Waals surface area contributed by atoms with Crippen molar-refractivity contribution in [1.82, 2.24) is 0 Å². The van der Waals surface area contributed by atoms with Gasteiger partial charge in [0, 0.05) is 18.1 Å². The summed E-state index contributed by atoms with van der Waals surface area (Å²) < 4.78 is 11.2. The number of fused-ring (bicyclic) bond motifs is 1. The van der Waals surface area contributed by atoms with Gasteiger partial charge in [0.15, 0.2) is 0 Å². The second-order valence-corrected chi connectivity index (χ2v) is 7.20. The molecule has 0 saturated carbocycles. The van der Waals surface area contributed by atoms with E-state index < -0.39 is 11.9 Å². The first-order valence-electron chi connectivity index (χ1n) is 9.88. The first-order valence-corrected chi connectivity index (χ1v) is 9.88. The van der Waals surface area contributed by atoms with Crippen LogP contribution in [-0.2, 0) is 9.63 Å². The maximum atomic E-state index is 13.1. The summed E-state index contributed by atoms with van der Waals surface area (Å²) in [5.74, 6) is 0.399. The third-order valence-corrected chi connectivity index (χ3v) is 5.06. The molecule has 0 bridgehead atoms. The number of carbonyl (C=O) groups is 1. The molecule has 3 aromatic rings. The summed E-state index contributed by atoms with van der Waals surface area (Å²) in [5, 5.41) is 4.25.